The van der Waals surface area contributed by atoms with Gasteiger partial charge in [-0.25, -0.2) is 0 Å². The maximum absolute atomic E-state index is 13.2. The second kappa shape index (κ2) is 50.0. The Morgan fingerprint density at radius 1 is 0.449 bits per heavy atom. The monoisotopic (exact) mass is 1110 g/mol. The number of carbonyl (C=O) groups excluding carboxylic acids is 1. The summed E-state index contributed by atoms with van der Waals surface area (Å²) in [5.41, 5.74) is 0. The summed E-state index contributed by atoms with van der Waals surface area (Å²) < 4.78 is 22.8. The molecule has 14 nitrogen and oxygen atoms in total. The fourth-order valence-corrected chi connectivity index (χ4v) is 10.9. The quantitative estimate of drug-likeness (QED) is 0.0204. The number of allylic oxidation sites excluding steroid dienone is 3. The van der Waals surface area contributed by atoms with Crippen molar-refractivity contribution in [3.8, 4) is 0 Å². The lowest BCUT2D eigenvalue weighted by molar-refractivity contribution is -0.359. The number of ether oxygens (including phenoxy) is 4. The Hall–Kier alpha value is -1.53. The van der Waals surface area contributed by atoms with E-state index in [1.807, 2.05) is 6.08 Å². The third-order valence-electron chi connectivity index (χ3n) is 16.1. The van der Waals surface area contributed by atoms with Gasteiger partial charge in [-0.05, 0) is 44.9 Å². The van der Waals surface area contributed by atoms with Crippen molar-refractivity contribution in [2.24, 2.45) is 0 Å². The van der Waals surface area contributed by atoms with E-state index in [0.29, 0.717) is 6.42 Å². The molecule has 0 aromatic carbocycles. The number of aliphatic hydroxyl groups is 8. The molecule has 2 aliphatic heterocycles. The summed E-state index contributed by atoms with van der Waals surface area (Å²) in [5, 5.41) is 87.0. The standard InChI is InChI=1S/C64H121NO13/c1-3-5-7-9-11-13-15-16-17-18-19-20-21-22-23-24-25-26-27-28-29-30-31-32-33-34-35-36-38-40-42-44-46-48-56(69)65-52(53(68)47-45-43-41-39-37-14-12-10-8-6-4-2)51-75-63-61(74)59(72)62(55(50-67)77-63)78-64-60(73)58(71)57(70)54(49-66)76-64/h18-19,45,47,52-55,57-64,66-68,70-74H,3-17,20-44,46,48-51H2,1-2H3,(H,65,69)/b19-18-,47-45+. The lowest BCUT2D eigenvalue weighted by atomic mass is 9.97. The maximum atomic E-state index is 13.2. The Kier molecular flexibility index (Phi) is 46.5. The molecule has 0 spiro atoms. The fourth-order valence-electron chi connectivity index (χ4n) is 10.9. The smallest absolute Gasteiger partial charge is 0.220 e. The first kappa shape index (κ1) is 72.6. The van der Waals surface area contributed by atoms with E-state index in [9.17, 15) is 45.6 Å². The van der Waals surface area contributed by atoms with Crippen LogP contribution in [0.2, 0.25) is 0 Å². The highest BCUT2D eigenvalue weighted by atomic mass is 16.7. The molecule has 0 aliphatic carbocycles. The molecule has 2 saturated heterocycles. The highest BCUT2D eigenvalue weighted by molar-refractivity contribution is 5.76. The van der Waals surface area contributed by atoms with Crippen molar-refractivity contribution in [1.29, 1.82) is 0 Å². The molecule has 78 heavy (non-hydrogen) atoms. The van der Waals surface area contributed by atoms with Gasteiger partial charge >= 0.3 is 0 Å². The molecule has 0 saturated carbocycles. The second-order valence-electron chi connectivity index (χ2n) is 23.2. The molecule has 2 aliphatic rings. The summed E-state index contributed by atoms with van der Waals surface area (Å²) in [7, 11) is 0. The van der Waals surface area contributed by atoms with E-state index in [2.05, 4.69) is 31.3 Å². The van der Waals surface area contributed by atoms with Crippen LogP contribution >= 0.6 is 0 Å². The summed E-state index contributed by atoms with van der Waals surface area (Å²) in [4.78, 5) is 13.2. The average molecular weight is 1110 g/mol. The molecule has 14 heteroatoms. The van der Waals surface area contributed by atoms with Crippen LogP contribution in [0.5, 0.6) is 0 Å². The minimum Gasteiger partial charge on any atom is -0.394 e. The van der Waals surface area contributed by atoms with E-state index >= 15 is 0 Å². The van der Waals surface area contributed by atoms with Gasteiger partial charge in [0.15, 0.2) is 12.6 Å². The summed E-state index contributed by atoms with van der Waals surface area (Å²) in [5.74, 6) is -0.236. The van der Waals surface area contributed by atoms with Crippen molar-refractivity contribution >= 4 is 5.91 Å². The molecule has 0 bridgehead atoms. The zero-order valence-corrected chi connectivity index (χ0v) is 49.7. The summed E-state index contributed by atoms with van der Waals surface area (Å²) in [6.07, 6.45) is 44.0. The Bertz CT molecular complexity index is 1400. The van der Waals surface area contributed by atoms with Gasteiger partial charge in [0.25, 0.3) is 0 Å². The van der Waals surface area contributed by atoms with Gasteiger partial charge in [0, 0.05) is 6.42 Å². The van der Waals surface area contributed by atoms with Crippen LogP contribution in [-0.4, -0.2) is 140 Å². The predicted octanol–water partition coefficient (Wildman–Crippen LogP) is 12.0. The molecule has 2 rings (SSSR count). The van der Waals surface area contributed by atoms with Crippen LogP contribution in [-0.2, 0) is 23.7 Å². The number of hydrogen-bond donors (Lipinski definition) is 9. The molecular formula is C64H121NO13. The first-order chi connectivity index (χ1) is 38.1. The number of carbonyl (C=O) groups is 1. The molecule has 0 aromatic heterocycles. The summed E-state index contributed by atoms with van der Waals surface area (Å²) >= 11 is 0. The van der Waals surface area contributed by atoms with E-state index in [0.717, 1.165) is 38.5 Å². The first-order valence-electron chi connectivity index (χ1n) is 32.6. The van der Waals surface area contributed by atoms with Crippen LogP contribution in [0, 0.1) is 0 Å². The number of rotatable bonds is 53. The lowest BCUT2D eigenvalue weighted by Gasteiger charge is -2.46. The van der Waals surface area contributed by atoms with Crippen molar-refractivity contribution in [2.75, 3.05) is 19.8 Å². The topological polar surface area (TPSA) is 228 Å². The van der Waals surface area contributed by atoms with Gasteiger partial charge in [0.1, 0.15) is 48.8 Å². The average Bonchev–Trinajstić information content (AvgIpc) is 3.47. The van der Waals surface area contributed by atoms with Crippen LogP contribution in [0.15, 0.2) is 24.3 Å². The van der Waals surface area contributed by atoms with Gasteiger partial charge in [-0.1, -0.05) is 256 Å². The Morgan fingerprint density at radius 3 is 1.22 bits per heavy atom. The van der Waals surface area contributed by atoms with Crippen LogP contribution in [0.4, 0.5) is 0 Å². The van der Waals surface area contributed by atoms with E-state index < -0.39 is 86.8 Å². The fraction of sp³-hybridized carbons (Fsp3) is 0.922. The number of nitrogens with one attached hydrogen (secondary N) is 1. The van der Waals surface area contributed by atoms with E-state index in [4.69, 9.17) is 18.9 Å². The highest BCUT2D eigenvalue weighted by Gasteiger charge is 2.51. The minimum absolute atomic E-state index is 0.236. The van der Waals surface area contributed by atoms with Crippen LogP contribution in [0.3, 0.4) is 0 Å². The normalized spacial score (nSPS) is 24.6. The van der Waals surface area contributed by atoms with Crippen LogP contribution in [0.1, 0.15) is 284 Å². The van der Waals surface area contributed by atoms with Gasteiger partial charge in [-0.15, -0.1) is 0 Å². The molecule has 0 radical (unpaired) electrons. The molecule has 12 unspecified atom stereocenters. The molecule has 1 amide bonds. The summed E-state index contributed by atoms with van der Waals surface area (Å²) in [6.45, 7) is 2.80. The Morgan fingerprint density at radius 2 is 0.808 bits per heavy atom. The predicted molar refractivity (Wildman–Crippen MR) is 314 cm³/mol. The van der Waals surface area contributed by atoms with Gasteiger partial charge in [-0.2, -0.15) is 0 Å². The van der Waals surface area contributed by atoms with Crippen LogP contribution in [0.25, 0.3) is 0 Å². The SMILES string of the molecule is CCCCCCCCCC/C=C\CCCCCCCCCCCCCCCCCCCCCCCC(=O)NC(COC1OC(CO)C(OC2OC(CO)C(O)C(O)C2O)C(O)C1O)C(O)/C=C/CCCCCCCCCCC. The van der Waals surface area contributed by atoms with E-state index in [1.165, 1.54) is 218 Å². The molecule has 9 N–H and O–H groups in total. The highest BCUT2D eigenvalue weighted by Crippen LogP contribution is 2.30. The third-order valence-corrected chi connectivity index (χ3v) is 16.1. The molecule has 460 valence electrons. The van der Waals surface area contributed by atoms with Gasteiger partial charge < -0.3 is 65.1 Å². The first-order valence-corrected chi connectivity index (χ1v) is 32.6. The molecule has 2 heterocycles. The van der Waals surface area contributed by atoms with E-state index in [-0.39, 0.29) is 18.9 Å². The molecular weight excluding hydrogens is 991 g/mol. The van der Waals surface area contributed by atoms with Crippen molar-refractivity contribution in [2.45, 2.75) is 357 Å². The number of aliphatic hydroxyl groups excluding tert-OH is 8. The van der Waals surface area contributed by atoms with E-state index in [1.54, 1.807) is 6.08 Å². The van der Waals surface area contributed by atoms with Crippen LogP contribution < -0.4 is 5.32 Å². The number of hydrogen-bond acceptors (Lipinski definition) is 13. The zero-order valence-electron chi connectivity index (χ0n) is 49.7. The maximum Gasteiger partial charge on any atom is 0.220 e. The van der Waals surface area contributed by atoms with Crippen molar-refractivity contribution in [3.05, 3.63) is 24.3 Å². The molecule has 12 atom stereocenters. The van der Waals surface area contributed by atoms with Crippen molar-refractivity contribution in [3.63, 3.8) is 0 Å². The van der Waals surface area contributed by atoms with Crippen molar-refractivity contribution < 1.29 is 64.6 Å². The minimum atomic E-state index is -1.79. The number of unbranched alkanes of at least 4 members (excludes halogenated alkanes) is 38. The lowest BCUT2D eigenvalue weighted by Crippen LogP contribution is -2.65. The zero-order chi connectivity index (χ0) is 56.7. The molecule has 2 fully saturated rings. The second-order valence-corrected chi connectivity index (χ2v) is 23.2. The third kappa shape index (κ3) is 34.8. The molecule has 0 aromatic rings. The van der Waals surface area contributed by atoms with Gasteiger partial charge in [0.05, 0.1) is 32.0 Å². The van der Waals surface area contributed by atoms with Gasteiger partial charge in [-0.3, -0.25) is 4.79 Å². The largest absolute Gasteiger partial charge is 0.394 e. The Balaban J connectivity index is 1.59. The van der Waals surface area contributed by atoms with Crippen molar-refractivity contribution in [1.82, 2.24) is 5.32 Å². The summed E-state index contributed by atoms with van der Waals surface area (Å²) in [6, 6.07) is -0.910. The van der Waals surface area contributed by atoms with Gasteiger partial charge in [0.2, 0.25) is 5.91 Å². The Labute approximate surface area is 475 Å². The number of amides is 1.